The largest absolute Gasteiger partial charge is 0.331 e. The number of imidazole rings is 1. The fourth-order valence-electron chi connectivity index (χ4n) is 0.955. The second-order valence-electron chi connectivity index (χ2n) is 2.59. The third kappa shape index (κ3) is 3.01. The van der Waals surface area contributed by atoms with Crippen LogP contribution in [0.3, 0.4) is 0 Å². The van der Waals surface area contributed by atoms with E-state index in [1.165, 1.54) is 0 Å². The van der Waals surface area contributed by atoms with Crippen molar-refractivity contribution in [3.8, 4) is 0 Å². The van der Waals surface area contributed by atoms with E-state index in [1.807, 2.05) is 6.33 Å². The molecule has 0 amide bonds. The van der Waals surface area contributed by atoms with Gasteiger partial charge in [-0.2, -0.15) is 0 Å². The molecule has 0 spiro atoms. The molecule has 1 rings (SSSR count). The van der Waals surface area contributed by atoms with Crippen molar-refractivity contribution in [2.45, 2.75) is 26.4 Å². The summed E-state index contributed by atoms with van der Waals surface area (Å²) in [6.07, 6.45) is 3.62. The van der Waals surface area contributed by atoms with Crippen molar-refractivity contribution in [2.75, 3.05) is 0 Å². The Kier molecular flexibility index (Phi) is 7.48. The van der Waals surface area contributed by atoms with Crippen LogP contribution >= 0.6 is 24.8 Å². The van der Waals surface area contributed by atoms with Crippen LogP contribution < -0.4 is 5.73 Å². The summed E-state index contributed by atoms with van der Waals surface area (Å²) in [6.45, 7) is 4.79. The molecule has 1 heterocycles. The highest BCUT2D eigenvalue weighted by atomic mass is 35.5. The number of rotatable bonds is 2. The van der Waals surface area contributed by atoms with E-state index >= 15 is 0 Å². The lowest BCUT2D eigenvalue weighted by Gasteiger charge is -2.09. The molecule has 12 heavy (non-hydrogen) atoms. The van der Waals surface area contributed by atoms with Crippen molar-refractivity contribution in [1.82, 2.24) is 9.55 Å². The summed E-state index contributed by atoms with van der Waals surface area (Å²) in [5.41, 5.74) is 6.56. The number of halogens is 2. The fraction of sp³-hybridized carbons (Fsp3) is 0.571. The highest BCUT2D eigenvalue weighted by Gasteiger charge is 2.01. The topological polar surface area (TPSA) is 43.8 Å². The molecule has 3 nitrogen and oxygen atoms in total. The first-order chi connectivity index (χ1) is 4.75. The monoisotopic (exact) mass is 211 g/mol. The summed E-state index contributed by atoms with van der Waals surface area (Å²) in [6, 6.07) is 0.459. The Bertz CT molecular complexity index is 210. The van der Waals surface area contributed by atoms with Gasteiger partial charge in [0.2, 0.25) is 0 Å². The van der Waals surface area contributed by atoms with Crippen LogP contribution in [-0.4, -0.2) is 9.55 Å². The minimum Gasteiger partial charge on any atom is -0.331 e. The van der Waals surface area contributed by atoms with Gasteiger partial charge in [-0.05, 0) is 13.8 Å². The standard InChI is InChI=1S/C7H13N3.2ClH/c1-6(2)10-5-9-4-7(10)3-8;;/h4-6H,3,8H2,1-2H3;2*1H. The lowest BCUT2D eigenvalue weighted by atomic mass is 10.3. The molecule has 72 valence electrons. The minimum absolute atomic E-state index is 0. The summed E-state index contributed by atoms with van der Waals surface area (Å²) in [4.78, 5) is 4.00. The van der Waals surface area contributed by atoms with Crippen LogP contribution in [0.25, 0.3) is 0 Å². The number of nitrogens with two attached hydrogens (primary N) is 1. The van der Waals surface area contributed by atoms with E-state index < -0.39 is 0 Å². The first-order valence-corrected chi connectivity index (χ1v) is 3.46. The van der Waals surface area contributed by atoms with Crippen LogP contribution in [0.1, 0.15) is 25.6 Å². The lowest BCUT2D eigenvalue weighted by molar-refractivity contribution is 0.574. The van der Waals surface area contributed by atoms with Gasteiger partial charge in [-0.15, -0.1) is 24.8 Å². The Balaban J connectivity index is 0. The molecule has 0 unspecified atom stereocenters. The Morgan fingerprint density at radius 2 is 2.08 bits per heavy atom. The summed E-state index contributed by atoms with van der Waals surface area (Å²) in [7, 11) is 0. The maximum atomic E-state index is 5.47. The van der Waals surface area contributed by atoms with Gasteiger partial charge in [0.1, 0.15) is 0 Å². The molecule has 0 saturated heterocycles. The van der Waals surface area contributed by atoms with E-state index in [2.05, 4.69) is 23.4 Å². The maximum absolute atomic E-state index is 5.47. The highest BCUT2D eigenvalue weighted by Crippen LogP contribution is 2.06. The second kappa shape index (κ2) is 6.29. The number of hydrogen-bond donors (Lipinski definition) is 1. The average Bonchev–Trinajstić information content (AvgIpc) is 2.33. The normalized spacial score (nSPS) is 9.00. The Labute approximate surface area is 85.2 Å². The van der Waals surface area contributed by atoms with Crippen LogP contribution in [-0.2, 0) is 6.54 Å². The molecular weight excluding hydrogens is 197 g/mol. The summed E-state index contributed by atoms with van der Waals surface area (Å²) >= 11 is 0. The minimum atomic E-state index is 0. The molecule has 1 aromatic heterocycles. The molecule has 0 bridgehead atoms. The van der Waals surface area contributed by atoms with Gasteiger partial charge in [0.25, 0.3) is 0 Å². The Morgan fingerprint density at radius 3 is 2.42 bits per heavy atom. The van der Waals surface area contributed by atoms with Crippen LogP contribution in [0.15, 0.2) is 12.5 Å². The van der Waals surface area contributed by atoms with E-state index in [0.29, 0.717) is 12.6 Å². The molecule has 0 aliphatic heterocycles. The number of hydrogen-bond acceptors (Lipinski definition) is 2. The molecule has 0 aliphatic rings. The zero-order valence-electron chi connectivity index (χ0n) is 7.23. The van der Waals surface area contributed by atoms with E-state index in [1.54, 1.807) is 6.20 Å². The van der Waals surface area contributed by atoms with E-state index in [9.17, 15) is 0 Å². The predicted octanol–water partition coefficient (Wildman–Crippen LogP) is 1.77. The van der Waals surface area contributed by atoms with E-state index in [0.717, 1.165) is 5.69 Å². The van der Waals surface area contributed by atoms with Gasteiger partial charge in [0.15, 0.2) is 0 Å². The fourth-order valence-corrected chi connectivity index (χ4v) is 0.955. The van der Waals surface area contributed by atoms with Gasteiger partial charge in [-0.1, -0.05) is 0 Å². The first-order valence-electron chi connectivity index (χ1n) is 3.46. The third-order valence-corrected chi connectivity index (χ3v) is 1.51. The molecule has 5 heteroatoms. The summed E-state index contributed by atoms with van der Waals surface area (Å²) in [5.74, 6) is 0. The van der Waals surface area contributed by atoms with Gasteiger partial charge < -0.3 is 10.3 Å². The Morgan fingerprint density at radius 1 is 1.50 bits per heavy atom. The molecule has 1 aromatic rings. The SMILES string of the molecule is CC(C)n1cncc1CN.Cl.Cl. The molecular formula is C7H15Cl2N3. The first kappa shape index (κ1) is 14.3. The van der Waals surface area contributed by atoms with Crippen molar-refractivity contribution in [2.24, 2.45) is 5.73 Å². The lowest BCUT2D eigenvalue weighted by Crippen LogP contribution is -2.07. The highest BCUT2D eigenvalue weighted by molar-refractivity contribution is 5.85. The van der Waals surface area contributed by atoms with Gasteiger partial charge in [-0.3, -0.25) is 0 Å². The Hall–Kier alpha value is -0.250. The summed E-state index contributed by atoms with van der Waals surface area (Å²) in [5, 5.41) is 0. The van der Waals surface area contributed by atoms with Crippen LogP contribution in [0, 0.1) is 0 Å². The van der Waals surface area contributed by atoms with Crippen molar-refractivity contribution < 1.29 is 0 Å². The van der Waals surface area contributed by atoms with Crippen LogP contribution in [0.5, 0.6) is 0 Å². The van der Waals surface area contributed by atoms with Crippen molar-refractivity contribution in [3.05, 3.63) is 18.2 Å². The van der Waals surface area contributed by atoms with Crippen LogP contribution in [0.2, 0.25) is 0 Å². The zero-order valence-corrected chi connectivity index (χ0v) is 8.86. The molecule has 0 fully saturated rings. The molecule has 2 N–H and O–H groups in total. The number of nitrogens with zero attached hydrogens (tertiary/aromatic N) is 2. The predicted molar refractivity (Wildman–Crippen MR) is 55.0 cm³/mol. The quantitative estimate of drug-likeness (QED) is 0.811. The second-order valence-corrected chi connectivity index (χ2v) is 2.59. The average molecular weight is 212 g/mol. The van der Waals surface area contributed by atoms with Gasteiger partial charge in [0.05, 0.1) is 12.0 Å². The number of aromatic nitrogens is 2. The molecule has 0 aliphatic carbocycles. The smallest absolute Gasteiger partial charge is 0.0951 e. The van der Waals surface area contributed by atoms with E-state index in [-0.39, 0.29) is 24.8 Å². The van der Waals surface area contributed by atoms with Gasteiger partial charge in [-0.25, -0.2) is 4.98 Å². The molecule has 0 aromatic carbocycles. The van der Waals surface area contributed by atoms with E-state index in [4.69, 9.17) is 5.73 Å². The zero-order chi connectivity index (χ0) is 7.56. The van der Waals surface area contributed by atoms with Gasteiger partial charge in [0, 0.05) is 18.8 Å². The maximum Gasteiger partial charge on any atom is 0.0951 e. The molecule has 0 atom stereocenters. The van der Waals surface area contributed by atoms with Crippen molar-refractivity contribution in [1.29, 1.82) is 0 Å². The molecule has 0 saturated carbocycles. The summed E-state index contributed by atoms with van der Waals surface area (Å²) < 4.78 is 2.07. The van der Waals surface area contributed by atoms with Gasteiger partial charge >= 0.3 is 0 Å². The van der Waals surface area contributed by atoms with Crippen molar-refractivity contribution in [3.63, 3.8) is 0 Å². The van der Waals surface area contributed by atoms with Crippen molar-refractivity contribution >= 4 is 24.8 Å². The molecule has 0 radical (unpaired) electrons. The van der Waals surface area contributed by atoms with Crippen LogP contribution in [0.4, 0.5) is 0 Å². The third-order valence-electron chi connectivity index (χ3n) is 1.51.